The highest BCUT2D eigenvalue weighted by Crippen LogP contribution is 2.34. The van der Waals surface area contributed by atoms with E-state index in [9.17, 15) is 0 Å². The summed E-state index contributed by atoms with van der Waals surface area (Å²) < 4.78 is 2.50. The standard InChI is InChI=1S/C27H31BrN6/c1-3-18-9-12-21(13-10-18)32-17(2)25-24(28)26(29)34-27(33-25)22(16-31-34)20-11-14-23(30-15-20)19-7-5-4-6-8-19/h4-8,11,14-18,21,32H,3,9-10,12-13,29H2,1-2H3. The Bertz CT molecular complexity index is 1260. The first-order valence-corrected chi connectivity index (χ1v) is 12.9. The summed E-state index contributed by atoms with van der Waals surface area (Å²) in [5.41, 5.74) is 12.1. The first kappa shape index (κ1) is 23.0. The van der Waals surface area contributed by atoms with Crippen LogP contribution < -0.4 is 11.1 Å². The van der Waals surface area contributed by atoms with E-state index in [2.05, 4.69) is 63.4 Å². The maximum Gasteiger partial charge on any atom is 0.165 e. The van der Waals surface area contributed by atoms with Crippen LogP contribution in [-0.2, 0) is 0 Å². The topological polar surface area (TPSA) is 81.1 Å². The number of hydrogen-bond donors (Lipinski definition) is 2. The molecular weight excluding hydrogens is 488 g/mol. The van der Waals surface area contributed by atoms with Crippen molar-refractivity contribution in [2.45, 2.75) is 58.0 Å². The van der Waals surface area contributed by atoms with Gasteiger partial charge in [0.05, 0.1) is 22.1 Å². The highest BCUT2D eigenvalue weighted by Gasteiger charge is 2.25. The van der Waals surface area contributed by atoms with Crippen molar-refractivity contribution < 1.29 is 0 Å². The Hall–Kier alpha value is -2.77. The summed E-state index contributed by atoms with van der Waals surface area (Å²) in [6.07, 6.45) is 10.0. The van der Waals surface area contributed by atoms with Crippen LogP contribution in [0.4, 0.5) is 5.82 Å². The smallest absolute Gasteiger partial charge is 0.165 e. The lowest BCUT2D eigenvalue weighted by atomic mass is 9.84. The van der Waals surface area contributed by atoms with E-state index in [1.807, 2.05) is 36.7 Å². The fraction of sp³-hybridized carbons (Fsp3) is 0.370. The molecule has 176 valence electrons. The summed E-state index contributed by atoms with van der Waals surface area (Å²) in [4.78, 5) is 9.71. The molecule has 34 heavy (non-hydrogen) atoms. The van der Waals surface area contributed by atoms with E-state index in [1.165, 1.54) is 32.1 Å². The third kappa shape index (κ3) is 4.46. The average molecular weight is 519 g/mol. The van der Waals surface area contributed by atoms with Crippen molar-refractivity contribution in [1.82, 2.24) is 24.9 Å². The molecular formula is C27H31BrN6. The molecule has 1 aliphatic rings. The zero-order valence-corrected chi connectivity index (χ0v) is 21.3. The van der Waals surface area contributed by atoms with E-state index in [0.717, 1.165) is 44.1 Å². The molecule has 1 aromatic carbocycles. The van der Waals surface area contributed by atoms with Gasteiger partial charge in [-0.2, -0.15) is 9.61 Å². The Morgan fingerprint density at radius 2 is 1.82 bits per heavy atom. The van der Waals surface area contributed by atoms with Crippen LogP contribution in [0.5, 0.6) is 0 Å². The molecule has 0 bridgehead atoms. The highest BCUT2D eigenvalue weighted by atomic mass is 79.9. The molecule has 1 aliphatic carbocycles. The van der Waals surface area contributed by atoms with Crippen LogP contribution in [-0.4, -0.2) is 25.6 Å². The van der Waals surface area contributed by atoms with Crippen LogP contribution >= 0.6 is 15.9 Å². The summed E-state index contributed by atoms with van der Waals surface area (Å²) in [6, 6.07) is 14.9. The highest BCUT2D eigenvalue weighted by molar-refractivity contribution is 9.10. The number of rotatable bonds is 6. The minimum atomic E-state index is 0.0752. The van der Waals surface area contributed by atoms with Crippen molar-refractivity contribution >= 4 is 27.4 Å². The molecule has 1 unspecified atom stereocenters. The van der Waals surface area contributed by atoms with Gasteiger partial charge in [-0.1, -0.05) is 49.7 Å². The summed E-state index contributed by atoms with van der Waals surface area (Å²) in [5, 5.41) is 8.32. The molecule has 1 atom stereocenters. The fourth-order valence-electron chi connectivity index (χ4n) is 5.01. The molecule has 1 fully saturated rings. The number of aromatic nitrogens is 4. The van der Waals surface area contributed by atoms with Crippen molar-refractivity contribution in [2.75, 3.05) is 5.73 Å². The van der Waals surface area contributed by atoms with E-state index in [0.29, 0.717) is 11.9 Å². The van der Waals surface area contributed by atoms with Crippen LogP contribution in [0.3, 0.4) is 0 Å². The monoisotopic (exact) mass is 518 g/mol. The molecule has 0 radical (unpaired) electrons. The van der Waals surface area contributed by atoms with Crippen molar-refractivity contribution in [3.05, 3.63) is 65.0 Å². The lowest BCUT2D eigenvalue weighted by Gasteiger charge is -2.31. The number of fused-ring (bicyclic) bond motifs is 1. The van der Waals surface area contributed by atoms with Crippen LogP contribution in [0, 0.1) is 5.92 Å². The van der Waals surface area contributed by atoms with Gasteiger partial charge < -0.3 is 11.1 Å². The molecule has 0 aliphatic heterocycles. The molecule has 5 rings (SSSR count). The lowest BCUT2D eigenvalue weighted by molar-refractivity contribution is 0.272. The van der Waals surface area contributed by atoms with Gasteiger partial charge >= 0.3 is 0 Å². The number of nitrogens with zero attached hydrogens (tertiary/aromatic N) is 4. The fourth-order valence-corrected chi connectivity index (χ4v) is 5.61. The Balaban J connectivity index is 1.44. The first-order valence-electron chi connectivity index (χ1n) is 12.2. The second-order valence-electron chi connectivity index (χ2n) is 9.30. The Kier molecular flexibility index (Phi) is 6.66. The van der Waals surface area contributed by atoms with Gasteiger partial charge in [-0.05, 0) is 60.5 Å². The summed E-state index contributed by atoms with van der Waals surface area (Å²) in [7, 11) is 0. The molecule has 3 N–H and O–H groups in total. The Morgan fingerprint density at radius 3 is 2.50 bits per heavy atom. The van der Waals surface area contributed by atoms with E-state index >= 15 is 0 Å². The van der Waals surface area contributed by atoms with E-state index in [4.69, 9.17) is 10.7 Å². The van der Waals surface area contributed by atoms with Crippen LogP contribution in [0.1, 0.15) is 57.7 Å². The summed E-state index contributed by atoms with van der Waals surface area (Å²) in [5.74, 6) is 1.44. The maximum absolute atomic E-state index is 6.49. The quantitative estimate of drug-likeness (QED) is 0.307. The third-order valence-corrected chi connectivity index (χ3v) is 7.92. The van der Waals surface area contributed by atoms with Crippen LogP contribution in [0.15, 0.2) is 59.3 Å². The van der Waals surface area contributed by atoms with Crippen molar-refractivity contribution in [2.24, 2.45) is 5.92 Å². The molecule has 0 amide bonds. The molecule has 6 nitrogen and oxygen atoms in total. The van der Waals surface area contributed by atoms with Gasteiger partial charge in [-0.25, -0.2) is 4.98 Å². The molecule has 3 heterocycles. The summed E-state index contributed by atoms with van der Waals surface area (Å²) >= 11 is 3.69. The average Bonchev–Trinajstić information content (AvgIpc) is 3.31. The van der Waals surface area contributed by atoms with Crippen molar-refractivity contribution in [1.29, 1.82) is 0 Å². The minimum absolute atomic E-state index is 0.0752. The lowest BCUT2D eigenvalue weighted by Crippen LogP contribution is -2.35. The zero-order chi connectivity index (χ0) is 23.7. The van der Waals surface area contributed by atoms with Gasteiger partial charge in [0.1, 0.15) is 5.82 Å². The summed E-state index contributed by atoms with van der Waals surface area (Å²) in [6.45, 7) is 4.47. The van der Waals surface area contributed by atoms with E-state index in [-0.39, 0.29) is 6.04 Å². The molecule has 7 heteroatoms. The Labute approximate surface area is 209 Å². The number of nitrogens with two attached hydrogens (primary N) is 1. The SMILES string of the molecule is CCC1CCC(NC(C)c2nc3c(-c4ccc(-c5ccccc5)nc4)cnn3c(N)c2Br)CC1. The molecule has 0 spiro atoms. The van der Waals surface area contributed by atoms with Crippen LogP contribution in [0.25, 0.3) is 28.0 Å². The maximum atomic E-state index is 6.49. The molecule has 3 aromatic heterocycles. The molecule has 4 aromatic rings. The number of halogens is 1. The molecule has 1 saturated carbocycles. The minimum Gasteiger partial charge on any atom is -0.383 e. The van der Waals surface area contributed by atoms with Gasteiger partial charge in [0.15, 0.2) is 5.65 Å². The predicted octanol–water partition coefficient (Wildman–Crippen LogP) is 6.42. The van der Waals surface area contributed by atoms with Crippen molar-refractivity contribution in [3.63, 3.8) is 0 Å². The second kappa shape index (κ2) is 9.84. The first-order chi connectivity index (χ1) is 16.5. The predicted molar refractivity (Wildman–Crippen MR) is 141 cm³/mol. The van der Waals surface area contributed by atoms with E-state index < -0.39 is 0 Å². The van der Waals surface area contributed by atoms with Crippen molar-refractivity contribution in [3.8, 4) is 22.4 Å². The Morgan fingerprint density at radius 1 is 1.06 bits per heavy atom. The largest absolute Gasteiger partial charge is 0.383 e. The van der Waals surface area contributed by atoms with Gasteiger partial charge in [0, 0.05) is 35.0 Å². The van der Waals surface area contributed by atoms with E-state index in [1.54, 1.807) is 4.52 Å². The van der Waals surface area contributed by atoms with Gasteiger partial charge in [0.2, 0.25) is 0 Å². The normalized spacial score (nSPS) is 19.4. The number of anilines is 1. The number of benzene rings is 1. The van der Waals surface area contributed by atoms with Gasteiger partial charge in [-0.3, -0.25) is 4.98 Å². The van der Waals surface area contributed by atoms with Gasteiger partial charge in [-0.15, -0.1) is 0 Å². The molecule has 0 saturated heterocycles. The third-order valence-electron chi connectivity index (χ3n) is 7.11. The number of nitrogens with one attached hydrogen (secondary N) is 1. The number of pyridine rings is 1. The number of hydrogen-bond acceptors (Lipinski definition) is 5. The zero-order valence-electron chi connectivity index (χ0n) is 19.7. The number of nitrogen functional groups attached to an aromatic ring is 1. The van der Waals surface area contributed by atoms with Gasteiger partial charge in [0.25, 0.3) is 0 Å². The van der Waals surface area contributed by atoms with Crippen LogP contribution in [0.2, 0.25) is 0 Å². The second-order valence-corrected chi connectivity index (χ2v) is 10.1.